The van der Waals surface area contributed by atoms with Crippen LogP contribution in [0.3, 0.4) is 0 Å². The second-order valence-electron chi connectivity index (χ2n) is 15.2. The number of thiazole rings is 1. The molecule has 0 radical (unpaired) electrons. The number of piperidine rings is 1. The van der Waals surface area contributed by atoms with Crippen LogP contribution in [0.2, 0.25) is 0 Å². The number of carbonyl (C=O) groups is 4. The Kier molecular flexibility index (Phi) is 16.1. The lowest BCUT2D eigenvalue weighted by atomic mass is 9.82. The minimum absolute atomic E-state index is 0.0511. The zero-order valence-corrected chi connectivity index (χ0v) is 32.8. The molecule has 1 saturated carbocycles. The molecule has 4 rings (SSSR count). The molecule has 2 heterocycles. The Labute approximate surface area is 314 Å². The van der Waals surface area contributed by atoms with Gasteiger partial charge in [0.15, 0.2) is 0 Å². The Hall–Kier alpha value is -3.35. The second kappa shape index (κ2) is 20.2. The number of nitrogens with one attached hydrogen (secondary N) is 2. The summed E-state index contributed by atoms with van der Waals surface area (Å²) in [5.74, 6) is -1.83. The highest BCUT2D eigenvalue weighted by Crippen LogP contribution is 2.33. The van der Waals surface area contributed by atoms with Gasteiger partial charge in [-0.25, -0.2) is 4.98 Å². The molecular weight excluding hydrogens is 679 g/mol. The van der Waals surface area contributed by atoms with Crippen molar-refractivity contribution in [3.63, 3.8) is 0 Å². The van der Waals surface area contributed by atoms with E-state index in [1.807, 2.05) is 56.3 Å². The lowest BCUT2D eigenvalue weighted by Crippen LogP contribution is -2.58. The zero-order chi connectivity index (χ0) is 37.8. The second-order valence-corrected chi connectivity index (χ2v) is 16.1. The predicted octanol–water partition coefficient (Wildman–Crippen LogP) is 6.10. The van der Waals surface area contributed by atoms with E-state index in [1.165, 1.54) is 11.3 Å². The first-order valence-electron chi connectivity index (χ1n) is 19.3. The fourth-order valence-corrected chi connectivity index (χ4v) is 8.70. The summed E-state index contributed by atoms with van der Waals surface area (Å²) < 4.78 is 6.24. The summed E-state index contributed by atoms with van der Waals surface area (Å²) in [6.45, 7) is 9.06. The van der Waals surface area contributed by atoms with Crippen LogP contribution in [0.15, 0.2) is 35.7 Å². The molecule has 1 aromatic carbocycles. The summed E-state index contributed by atoms with van der Waals surface area (Å²) in [6.07, 6.45) is 8.81. The molecule has 0 bridgehead atoms. The Bertz CT molecular complexity index is 1450. The quantitative estimate of drug-likeness (QED) is 0.167. The number of likely N-dealkylation sites (tertiary alicyclic amines) is 1. The molecule has 1 aliphatic carbocycles. The van der Waals surface area contributed by atoms with E-state index in [4.69, 9.17) is 9.72 Å². The van der Waals surface area contributed by atoms with E-state index >= 15 is 0 Å². The SMILES string of the molecule is CCO[C@H](C[C@H](C(C)C)N(C)C(=O)[C@@H](NC(=O)[C@H]1CCCCN1C)C1CCCCC1)c1nc(C(=O)N[C@@H](Cc2ccccc2)C[C@H](C)C(=O)O)cs1. The van der Waals surface area contributed by atoms with Crippen LogP contribution in [0.1, 0.15) is 119 Å². The highest BCUT2D eigenvalue weighted by molar-refractivity contribution is 7.09. The smallest absolute Gasteiger partial charge is 0.306 e. The van der Waals surface area contributed by atoms with Crippen LogP contribution in [-0.2, 0) is 25.5 Å². The number of carboxylic acids is 1. The van der Waals surface area contributed by atoms with Gasteiger partial charge in [-0.1, -0.05) is 76.8 Å². The van der Waals surface area contributed by atoms with Crippen molar-refractivity contribution in [2.75, 3.05) is 27.2 Å². The number of likely N-dealkylation sites (N-methyl/N-ethyl adjacent to an activating group) is 2. The number of nitrogens with zero attached hydrogens (tertiary/aromatic N) is 3. The Morgan fingerprint density at radius 3 is 2.33 bits per heavy atom. The molecule has 2 aromatic rings. The highest BCUT2D eigenvalue weighted by Gasteiger charge is 2.39. The third-order valence-corrected chi connectivity index (χ3v) is 11.9. The van der Waals surface area contributed by atoms with Crippen LogP contribution >= 0.6 is 11.3 Å². The number of carbonyl (C=O) groups excluding carboxylic acids is 3. The van der Waals surface area contributed by atoms with E-state index in [9.17, 15) is 24.3 Å². The van der Waals surface area contributed by atoms with Gasteiger partial charge in [0.05, 0.1) is 12.0 Å². The van der Waals surface area contributed by atoms with Crippen molar-refractivity contribution in [3.05, 3.63) is 52.0 Å². The normalized spacial score (nSPS) is 20.0. The molecule has 52 heavy (non-hydrogen) atoms. The van der Waals surface area contributed by atoms with Gasteiger partial charge in [-0.15, -0.1) is 11.3 Å². The highest BCUT2D eigenvalue weighted by atomic mass is 32.1. The van der Waals surface area contributed by atoms with Crippen LogP contribution < -0.4 is 10.6 Å². The molecule has 1 saturated heterocycles. The molecule has 3 amide bonds. The Morgan fingerprint density at radius 2 is 1.69 bits per heavy atom. The molecule has 288 valence electrons. The summed E-state index contributed by atoms with van der Waals surface area (Å²) in [6, 6.07) is 8.30. The first-order chi connectivity index (χ1) is 24.9. The van der Waals surface area contributed by atoms with Crippen LogP contribution in [0, 0.1) is 17.8 Å². The van der Waals surface area contributed by atoms with Gasteiger partial charge in [0.2, 0.25) is 11.8 Å². The summed E-state index contributed by atoms with van der Waals surface area (Å²) in [4.78, 5) is 61.9. The molecule has 0 spiro atoms. The third-order valence-electron chi connectivity index (χ3n) is 10.9. The first kappa shape index (κ1) is 41.4. The van der Waals surface area contributed by atoms with E-state index in [-0.39, 0.29) is 53.8 Å². The molecule has 1 aromatic heterocycles. The topological polar surface area (TPSA) is 141 Å². The summed E-state index contributed by atoms with van der Waals surface area (Å²) in [7, 11) is 3.84. The van der Waals surface area contributed by atoms with Crippen LogP contribution in [0.4, 0.5) is 0 Å². The van der Waals surface area contributed by atoms with Crippen LogP contribution in [-0.4, -0.2) is 95.0 Å². The molecule has 0 unspecified atom stereocenters. The van der Waals surface area contributed by atoms with Gasteiger partial charge >= 0.3 is 5.97 Å². The van der Waals surface area contributed by atoms with E-state index in [1.54, 1.807) is 12.3 Å². The standard InChI is InChI=1S/C40H61N5O6S/c1-7-51-34(38-42-31(25-52-38)36(46)41-30(22-27(4)40(49)50)23-28-16-10-8-11-17-28)24-33(26(2)3)45(6)39(48)35(29-18-12-9-13-19-29)43-37(47)32-20-14-15-21-44(32)5/h8,10-11,16-17,25-27,29-30,32-35H,7,9,12-15,18-24H2,1-6H3,(H,41,46)(H,43,47)(H,49,50)/t27-,30+,32+,33+,34+,35-/m0/s1. The number of hydrogen-bond donors (Lipinski definition) is 3. The molecule has 3 N–H and O–H groups in total. The number of aromatic nitrogens is 1. The molecule has 12 heteroatoms. The van der Waals surface area contributed by atoms with Gasteiger partial charge in [-0.2, -0.15) is 0 Å². The van der Waals surface area contributed by atoms with E-state index < -0.39 is 30.1 Å². The van der Waals surface area contributed by atoms with E-state index in [2.05, 4.69) is 29.4 Å². The van der Waals surface area contributed by atoms with Gasteiger partial charge < -0.3 is 25.4 Å². The van der Waals surface area contributed by atoms with E-state index in [0.717, 1.165) is 63.5 Å². The fourth-order valence-electron chi connectivity index (χ4n) is 7.84. The Balaban J connectivity index is 1.50. The zero-order valence-electron chi connectivity index (χ0n) is 32.0. The monoisotopic (exact) mass is 739 g/mol. The molecule has 2 aliphatic rings. The Morgan fingerprint density at radius 1 is 1.00 bits per heavy atom. The van der Waals surface area contributed by atoms with Crippen molar-refractivity contribution < 1.29 is 29.0 Å². The fraction of sp³-hybridized carbons (Fsp3) is 0.675. The summed E-state index contributed by atoms with van der Waals surface area (Å²) in [5, 5.41) is 18.2. The molecule has 6 atom stereocenters. The summed E-state index contributed by atoms with van der Waals surface area (Å²) >= 11 is 1.35. The largest absolute Gasteiger partial charge is 0.481 e. The predicted molar refractivity (Wildman–Crippen MR) is 204 cm³/mol. The number of rotatable bonds is 18. The minimum Gasteiger partial charge on any atom is -0.481 e. The van der Waals surface area contributed by atoms with Crippen molar-refractivity contribution in [1.82, 2.24) is 25.4 Å². The van der Waals surface area contributed by atoms with Crippen LogP contribution in [0.5, 0.6) is 0 Å². The van der Waals surface area contributed by atoms with Crippen LogP contribution in [0.25, 0.3) is 0 Å². The maximum atomic E-state index is 14.5. The number of hydrogen-bond acceptors (Lipinski definition) is 8. The van der Waals surface area contributed by atoms with Crippen molar-refractivity contribution in [2.24, 2.45) is 17.8 Å². The molecular formula is C40H61N5O6S. The van der Waals surface area contributed by atoms with Gasteiger partial charge in [0, 0.05) is 37.5 Å². The number of ether oxygens (including phenoxy) is 1. The lowest BCUT2D eigenvalue weighted by molar-refractivity contribution is -0.142. The van der Waals surface area contributed by atoms with Gasteiger partial charge in [0.1, 0.15) is 22.8 Å². The first-order valence-corrected chi connectivity index (χ1v) is 20.2. The van der Waals surface area contributed by atoms with Gasteiger partial charge in [-0.3, -0.25) is 24.1 Å². The summed E-state index contributed by atoms with van der Waals surface area (Å²) in [5.41, 5.74) is 1.26. The van der Waals surface area contributed by atoms with Gasteiger partial charge in [0.25, 0.3) is 5.91 Å². The minimum atomic E-state index is -0.907. The van der Waals surface area contributed by atoms with E-state index in [0.29, 0.717) is 24.5 Å². The third kappa shape index (κ3) is 11.6. The maximum Gasteiger partial charge on any atom is 0.306 e. The number of aliphatic carboxylic acids is 1. The van der Waals surface area contributed by atoms with Crippen molar-refractivity contribution in [1.29, 1.82) is 0 Å². The van der Waals surface area contributed by atoms with Gasteiger partial charge in [-0.05, 0) is 76.4 Å². The number of amides is 3. The molecule has 2 fully saturated rings. The van der Waals surface area contributed by atoms with Crippen molar-refractivity contribution in [3.8, 4) is 0 Å². The average molecular weight is 740 g/mol. The van der Waals surface area contributed by atoms with Crippen molar-refractivity contribution >= 4 is 35.0 Å². The molecule has 1 aliphatic heterocycles. The average Bonchev–Trinajstić information content (AvgIpc) is 3.63. The van der Waals surface area contributed by atoms with Crippen molar-refractivity contribution in [2.45, 2.75) is 129 Å². The number of benzene rings is 1. The lowest BCUT2D eigenvalue weighted by Gasteiger charge is -2.39. The number of carboxylic acid groups (broad SMARTS) is 1. The maximum absolute atomic E-state index is 14.5. The molecule has 11 nitrogen and oxygen atoms in total.